The van der Waals surface area contributed by atoms with Crippen molar-refractivity contribution in [1.82, 2.24) is 47.0 Å². The SMILES string of the molecule is CC(C)C[C@H](NC(=O)[C@@H]([NH3+])CCCC[NH3+])C(=O)N[C@@H](Cc1ccc(O)cc1)C(=O)N[C@@H](CC1CCCCC1)C(=O)N[C@@H](CC(C)C)C(=O)N1CCC[C@H]1C(=O)N[C@@H](CCCNC(N)N)C(=O)N1CCC[C@H]1C(=O)N[C@H](C=O)[C@@H](C)O. The van der Waals surface area contributed by atoms with Crippen molar-refractivity contribution in [1.29, 1.82) is 0 Å². The highest BCUT2D eigenvalue weighted by Crippen LogP contribution is 2.29. The van der Waals surface area contributed by atoms with E-state index >= 15 is 0 Å². The highest BCUT2D eigenvalue weighted by molar-refractivity contribution is 5.98. The molecule has 1 aromatic rings. The fourth-order valence-corrected chi connectivity index (χ4v) is 10.9. The minimum atomic E-state index is -1.24. The normalized spacial score (nSPS) is 19.8. The zero-order chi connectivity index (χ0) is 59.1. The van der Waals surface area contributed by atoms with Gasteiger partial charge in [0, 0.05) is 25.9 Å². The van der Waals surface area contributed by atoms with Crippen molar-refractivity contribution in [2.75, 3.05) is 26.2 Å². The molecule has 3 fully saturated rings. The number of carbonyl (C=O) groups is 9. The van der Waals surface area contributed by atoms with Crippen LogP contribution < -0.4 is 60.2 Å². The topological polar surface area (TPSA) is 392 Å². The van der Waals surface area contributed by atoms with Gasteiger partial charge in [-0.2, -0.15) is 0 Å². The molecule has 450 valence electrons. The predicted molar refractivity (Wildman–Crippen MR) is 298 cm³/mol. The molecule has 1 aromatic carbocycles. The van der Waals surface area contributed by atoms with Crippen LogP contribution in [0.5, 0.6) is 5.75 Å². The molecule has 0 unspecified atom stereocenters. The van der Waals surface area contributed by atoms with Crippen LogP contribution in [0.1, 0.15) is 149 Å². The Hall–Kier alpha value is -5.79. The third kappa shape index (κ3) is 21.6. The predicted octanol–water partition coefficient (Wildman–Crippen LogP) is -1.94. The third-order valence-electron chi connectivity index (χ3n) is 15.3. The van der Waals surface area contributed by atoms with Gasteiger partial charge in [-0.25, -0.2) is 0 Å². The number of likely N-dealkylation sites (tertiary alicyclic amines) is 2. The summed E-state index contributed by atoms with van der Waals surface area (Å²) in [6.07, 6.45) is 7.67. The first kappa shape index (κ1) is 66.7. The molecule has 2 heterocycles. The monoisotopic (exact) mass is 1130 g/mol. The minimum absolute atomic E-state index is 0.00379. The lowest BCUT2D eigenvalue weighted by Crippen LogP contribution is -2.69. The van der Waals surface area contributed by atoms with Gasteiger partial charge in [0.15, 0.2) is 6.04 Å². The second-order valence-corrected chi connectivity index (χ2v) is 23.1. The maximum Gasteiger partial charge on any atom is 0.278 e. The van der Waals surface area contributed by atoms with Crippen molar-refractivity contribution in [2.24, 2.45) is 29.2 Å². The maximum absolute atomic E-state index is 14.9. The molecule has 2 aliphatic heterocycles. The number of carbonyl (C=O) groups excluding carboxylic acids is 9. The molecular formula is C56H97N13O11+2. The van der Waals surface area contributed by atoms with Gasteiger partial charge in [-0.05, 0) is 120 Å². The number of nitrogens with one attached hydrogen (secondary N) is 7. The summed E-state index contributed by atoms with van der Waals surface area (Å²) < 4.78 is 0. The number of quaternary nitrogens is 2. The molecule has 3 aliphatic rings. The molecule has 10 atom stereocenters. The number of aliphatic hydroxyl groups excluding tert-OH is 1. The molecule has 1 saturated carbocycles. The number of hydrogen-bond donors (Lipinski definition) is 13. The van der Waals surface area contributed by atoms with Gasteiger partial charge in [-0.1, -0.05) is 71.9 Å². The molecular weight excluding hydrogens is 1030 g/mol. The lowest BCUT2D eigenvalue weighted by atomic mass is 9.84. The lowest BCUT2D eigenvalue weighted by molar-refractivity contribution is -0.406. The average Bonchev–Trinajstić information content (AvgIpc) is 4.14. The van der Waals surface area contributed by atoms with Crippen molar-refractivity contribution < 1.29 is 64.8 Å². The molecule has 4 rings (SSSR count). The Balaban J connectivity index is 1.60. The molecule has 0 bridgehead atoms. The smallest absolute Gasteiger partial charge is 0.278 e. The quantitative estimate of drug-likeness (QED) is 0.0207. The minimum Gasteiger partial charge on any atom is -0.508 e. The van der Waals surface area contributed by atoms with Crippen LogP contribution in [-0.2, 0) is 49.6 Å². The summed E-state index contributed by atoms with van der Waals surface area (Å²) in [5.41, 5.74) is 19.9. The van der Waals surface area contributed by atoms with Crippen molar-refractivity contribution in [2.45, 2.75) is 217 Å². The Morgan fingerprint density at radius 1 is 0.637 bits per heavy atom. The van der Waals surface area contributed by atoms with Crippen LogP contribution in [-0.4, -0.2) is 167 Å². The largest absolute Gasteiger partial charge is 0.508 e. The van der Waals surface area contributed by atoms with E-state index in [4.69, 9.17) is 11.5 Å². The number of nitrogens with zero attached hydrogens (tertiary/aromatic N) is 2. The number of unbranched alkanes of at least 4 members (excludes halogenated alkanes) is 1. The zero-order valence-corrected chi connectivity index (χ0v) is 48.1. The molecule has 19 N–H and O–H groups in total. The molecule has 1 aliphatic carbocycles. The number of nitrogens with two attached hydrogens (primary N) is 2. The Kier molecular flexibility index (Phi) is 28.2. The third-order valence-corrected chi connectivity index (χ3v) is 15.3. The van der Waals surface area contributed by atoms with Gasteiger partial charge >= 0.3 is 0 Å². The van der Waals surface area contributed by atoms with Gasteiger partial charge < -0.3 is 79.6 Å². The van der Waals surface area contributed by atoms with Gasteiger partial charge in [-0.3, -0.25) is 43.7 Å². The van der Waals surface area contributed by atoms with E-state index in [0.717, 1.165) is 51.5 Å². The van der Waals surface area contributed by atoms with Crippen molar-refractivity contribution in [3.8, 4) is 5.75 Å². The number of aldehydes is 1. The van der Waals surface area contributed by atoms with Crippen LogP contribution in [0, 0.1) is 17.8 Å². The van der Waals surface area contributed by atoms with Gasteiger partial charge in [0.05, 0.1) is 12.6 Å². The first-order chi connectivity index (χ1) is 38.0. The Bertz CT molecular complexity index is 2180. The van der Waals surface area contributed by atoms with Crippen LogP contribution in [0.2, 0.25) is 0 Å². The van der Waals surface area contributed by atoms with Crippen molar-refractivity contribution in [3.05, 3.63) is 29.8 Å². The molecule has 24 nitrogen and oxygen atoms in total. The number of rotatable bonds is 33. The first-order valence-electron chi connectivity index (χ1n) is 29.2. The Morgan fingerprint density at radius 2 is 1.16 bits per heavy atom. The molecule has 0 radical (unpaired) electrons. The summed E-state index contributed by atoms with van der Waals surface area (Å²) in [6.45, 7) is 10.4. The lowest BCUT2D eigenvalue weighted by Gasteiger charge is -2.33. The average molecular weight is 1130 g/mol. The van der Waals surface area contributed by atoms with E-state index in [9.17, 15) is 53.4 Å². The van der Waals surface area contributed by atoms with Crippen LogP contribution in [0.15, 0.2) is 24.3 Å². The van der Waals surface area contributed by atoms with E-state index in [1.165, 1.54) is 28.9 Å². The van der Waals surface area contributed by atoms with E-state index in [1.807, 2.05) is 27.7 Å². The van der Waals surface area contributed by atoms with E-state index in [2.05, 4.69) is 48.7 Å². The molecule has 2 saturated heterocycles. The fraction of sp³-hybridized carbons (Fsp3) is 0.732. The summed E-state index contributed by atoms with van der Waals surface area (Å²) >= 11 is 0. The van der Waals surface area contributed by atoms with Crippen LogP contribution in [0.3, 0.4) is 0 Å². The van der Waals surface area contributed by atoms with Crippen molar-refractivity contribution >= 4 is 53.5 Å². The molecule has 24 heteroatoms. The first-order valence-corrected chi connectivity index (χ1v) is 29.2. The van der Waals surface area contributed by atoms with E-state index in [-0.39, 0.29) is 81.0 Å². The second kappa shape index (κ2) is 33.8. The number of aromatic hydroxyl groups is 1. The molecule has 0 aromatic heterocycles. The standard InChI is InChI=1S/C56H95N13O11/c1-33(2)28-41(63-48(73)39(58)16-9-10-24-57)49(74)64-43(31-37-20-22-38(72)23-21-37)50(75)65-42(30-36-14-7-6-8-15-36)51(76)66-44(29-34(3)4)55(80)69-27-13-18-46(69)52(77)62-40(17-11-25-61-56(59)60)54(79)68-26-12-19-47(68)53(78)67-45(32-70)35(5)71/h20-23,32-36,39-47,56,61,71-72H,6-19,24-31,57-60H2,1-5H3,(H,62,77)(H,63,73)(H,64,74)(H,65,75)(H,66,76)(H,67,78)/p+2/t35-,39+,40+,41+,42+,43+,44+,45-,46+,47+/m1/s1. The van der Waals surface area contributed by atoms with Crippen LogP contribution in [0.4, 0.5) is 0 Å². The summed E-state index contributed by atoms with van der Waals surface area (Å²) in [5.74, 6) is -4.60. The number of phenols is 1. The van der Waals surface area contributed by atoms with Gasteiger partial charge in [0.25, 0.3) is 5.91 Å². The van der Waals surface area contributed by atoms with E-state index < -0.39 is 108 Å². The summed E-state index contributed by atoms with van der Waals surface area (Å²) in [4.78, 5) is 129. The van der Waals surface area contributed by atoms with Crippen LogP contribution >= 0.6 is 0 Å². The highest BCUT2D eigenvalue weighted by atomic mass is 16.3. The number of phenolic OH excluding ortho intramolecular Hbond substituents is 1. The Morgan fingerprint density at radius 3 is 1.73 bits per heavy atom. The maximum atomic E-state index is 14.9. The van der Waals surface area contributed by atoms with Crippen LogP contribution in [0.25, 0.3) is 0 Å². The summed E-state index contributed by atoms with van der Waals surface area (Å²) in [6, 6.07) is -3.27. The van der Waals surface area contributed by atoms with Gasteiger partial charge in [0.2, 0.25) is 41.4 Å². The highest BCUT2D eigenvalue weighted by Gasteiger charge is 2.43. The van der Waals surface area contributed by atoms with E-state index in [0.29, 0.717) is 50.5 Å². The van der Waals surface area contributed by atoms with Gasteiger partial charge in [0.1, 0.15) is 66.7 Å². The molecule has 80 heavy (non-hydrogen) atoms. The fourth-order valence-electron chi connectivity index (χ4n) is 10.9. The summed E-state index contributed by atoms with van der Waals surface area (Å²) in [7, 11) is 0. The Labute approximate surface area is 471 Å². The van der Waals surface area contributed by atoms with Crippen molar-refractivity contribution in [3.63, 3.8) is 0 Å². The van der Waals surface area contributed by atoms with E-state index in [1.54, 1.807) is 12.1 Å². The number of aliphatic hydroxyl groups is 1. The number of benzene rings is 1. The number of amides is 8. The molecule has 0 spiro atoms. The number of hydrogen-bond acceptors (Lipinski definition) is 14. The summed E-state index contributed by atoms with van der Waals surface area (Å²) in [5, 5.41) is 40.0. The van der Waals surface area contributed by atoms with Gasteiger partial charge in [-0.15, -0.1) is 0 Å². The second-order valence-electron chi connectivity index (χ2n) is 23.1. The zero-order valence-electron chi connectivity index (χ0n) is 48.1. The molecule has 8 amide bonds.